The summed E-state index contributed by atoms with van der Waals surface area (Å²) in [4.78, 5) is 11.1. The van der Waals surface area contributed by atoms with Crippen LogP contribution in [0, 0.1) is 0 Å². The van der Waals surface area contributed by atoms with E-state index in [0.29, 0.717) is 0 Å². The Bertz CT molecular complexity index is 325. The van der Waals surface area contributed by atoms with Gasteiger partial charge in [-0.3, -0.25) is 0 Å². The summed E-state index contributed by atoms with van der Waals surface area (Å²) in [6.07, 6.45) is 1.33. The molecule has 0 saturated heterocycles. The molecule has 4 heteroatoms. The molecule has 13 heavy (non-hydrogen) atoms. The van der Waals surface area contributed by atoms with Crippen molar-refractivity contribution in [3.05, 3.63) is 41.5 Å². The minimum Gasteiger partial charge on any atom is -0.315 e. The molecular weight excluding hydrogens is 232 g/mol. The maximum atomic E-state index is 11.1. The highest BCUT2D eigenvalue weighted by molar-refractivity contribution is 9.10. The predicted molar refractivity (Wildman–Crippen MR) is 56.5 cm³/mol. The predicted octanol–water partition coefficient (Wildman–Crippen LogP) is 2.71. The molecule has 0 fully saturated rings. The van der Waals surface area contributed by atoms with Gasteiger partial charge in [-0.1, -0.05) is 18.7 Å². The van der Waals surface area contributed by atoms with Crippen molar-refractivity contribution in [2.24, 2.45) is 0 Å². The highest BCUT2D eigenvalue weighted by Crippen LogP contribution is 2.20. The molecule has 0 saturated carbocycles. The summed E-state index contributed by atoms with van der Waals surface area (Å²) < 4.78 is 0.842. The van der Waals surface area contributed by atoms with E-state index in [1.807, 2.05) is 18.2 Å². The lowest BCUT2D eigenvalue weighted by molar-refractivity contribution is 0.255. The molecule has 0 aliphatic carbocycles. The summed E-state index contributed by atoms with van der Waals surface area (Å²) in [6, 6.07) is 7.06. The number of carbonyl (C=O) groups is 1. The average Bonchev–Trinajstić information content (AvgIpc) is 2.09. The number of nitrogens with one attached hydrogen (secondary N) is 2. The Kier molecular flexibility index (Phi) is 3.52. The number of rotatable bonds is 2. The topological polar surface area (TPSA) is 41.1 Å². The maximum absolute atomic E-state index is 11.1. The van der Waals surface area contributed by atoms with Crippen molar-refractivity contribution in [1.82, 2.24) is 5.32 Å². The number of halogens is 1. The van der Waals surface area contributed by atoms with Crippen molar-refractivity contribution in [2.45, 2.75) is 0 Å². The summed E-state index contributed by atoms with van der Waals surface area (Å²) in [5.74, 6) is 0. The van der Waals surface area contributed by atoms with Gasteiger partial charge in [0.1, 0.15) is 0 Å². The summed E-state index contributed by atoms with van der Waals surface area (Å²) in [7, 11) is 0. The van der Waals surface area contributed by atoms with E-state index in [1.165, 1.54) is 6.20 Å². The normalized spacial score (nSPS) is 9.00. The Balaban J connectivity index is 2.68. The molecule has 0 aliphatic heterocycles. The van der Waals surface area contributed by atoms with Crippen LogP contribution in [0.25, 0.3) is 0 Å². The molecule has 0 aromatic heterocycles. The molecule has 3 nitrogen and oxygen atoms in total. The van der Waals surface area contributed by atoms with Gasteiger partial charge < -0.3 is 10.6 Å². The molecule has 68 valence electrons. The fourth-order valence-electron chi connectivity index (χ4n) is 0.814. The molecular formula is C9H9BrN2O. The third-order valence-electron chi connectivity index (χ3n) is 1.36. The molecule has 0 unspecified atom stereocenters. The number of hydrogen-bond donors (Lipinski definition) is 2. The van der Waals surface area contributed by atoms with Gasteiger partial charge in [-0.15, -0.1) is 0 Å². The van der Waals surface area contributed by atoms with E-state index in [2.05, 4.69) is 33.1 Å². The van der Waals surface area contributed by atoms with Crippen molar-refractivity contribution in [3.63, 3.8) is 0 Å². The molecule has 2 amide bonds. The van der Waals surface area contributed by atoms with E-state index in [9.17, 15) is 4.79 Å². The van der Waals surface area contributed by atoms with Crippen LogP contribution in [0.5, 0.6) is 0 Å². The third-order valence-corrected chi connectivity index (χ3v) is 2.05. The zero-order valence-electron chi connectivity index (χ0n) is 6.88. The first kappa shape index (κ1) is 9.80. The number of hydrogen-bond acceptors (Lipinski definition) is 1. The lowest BCUT2D eigenvalue weighted by Gasteiger charge is -2.05. The number of anilines is 1. The second-order valence-corrected chi connectivity index (χ2v) is 3.14. The zero-order chi connectivity index (χ0) is 9.68. The van der Waals surface area contributed by atoms with Gasteiger partial charge >= 0.3 is 6.03 Å². The van der Waals surface area contributed by atoms with Crippen LogP contribution < -0.4 is 10.6 Å². The van der Waals surface area contributed by atoms with Crippen LogP contribution in [-0.2, 0) is 0 Å². The molecule has 1 aromatic rings. The van der Waals surface area contributed by atoms with Crippen molar-refractivity contribution in [2.75, 3.05) is 5.32 Å². The van der Waals surface area contributed by atoms with Crippen LogP contribution >= 0.6 is 15.9 Å². The largest absolute Gasteiger partial charge is 0.323 e. The van der Waals surface area contributed by atoms with Gasteiger partial charge in [0.2, 0.25) is 0 Å². The van der Waals surface area contributed by atoms with Crippen LogP contribution in [-0.4, -0.2) is 6.03 Å². The number of para-hydroxylation sites is 1. The molecule has 1 aromatic carbocycles. The van der Waals surface area contributed by atoms with Gasteiger partial charge in [0.25, 0.3) is 0 Å². The molecule has 0 atom stereocenters. The fraction of sp³-hybridized carbons (Fsp3) is 0. The minimum absolute atomic E-state index is 0.304. The van der Waals surface area contributed by atoms with Gasteiger partial charge in [-0.05, 0) is 34.3 Å². The van der Waals surface area contributed by atoms with E-state index in [-0.39, 0.29) is 6.03 Å². The number of carbonyl (C=O) groups excluding carboxylic acids is 1. The Hall–Kier alpha value is -1.29. The van der Waals surface area contributed by atoms with E-state index >= 15 is 0 Å². The minimum atomic E-state index is -0.304. The van der Waals surface area contributed by atoms with Gasteiger partial charge in [0, 0.05) is 4.47 Å². The lowest BCUT2D eigenvalue weighted by atomic mass is 10.3. The van der Waals surface area contributed by atoms with Crippen LogP contribution in [0.2, 0.25) is 0 Å². The summed E-state index contributed by atoms with van der Waals surface area (Å²) in [5.41, 5.74) is 0.724. The van der Waals surface area contributed by atoms with Gasteiger partial charge in [0.05, 0.1) is 5.69 Å². The van der Waals surface area contributed by atoms with Crippen molar-refractivity contribution < 1.29 is 4.79 Å². The Morgan fingerprint density at radius 3 is 2.77 bits per heavy atom. The quantitative estimate of drug-likeness (QED) is 0.821. The first-order valence-corrected chi connectivity index (χ1v) is 4.46. The van der Waals surface area contributed by atoms with Crippen molar-refractivity contribution in [1.29, 1.82) is 0 Å². The molecule has 2 N–H and O–H groups in total. The highest BCUT2D eigenvalue weighted by atomic mass is 79.9. The Labute approximate surface area is 85.0 Å². The molecule has 0 bridgehead atoms. The maximum Gasteiger partial charge on any atom is 0.323 e. The average molecular weight is 241 g/mol. The van der Waals surface area contributed by atoms with Crippen molar-refractivity contribution >= 4 is 27.6 Å². The van der Waals surface area contributed by atoms with Gasteiger partial charge in [0.15, 0.2) is 0 Å². The van der Waals surface area contributed by atoms with Crippen LogP contribution in [0.15, 0.2) is 41.5 Å². The summed E-state index contributed by atoms with van der Waals surface area (Å²) in [5, 5.41) is 5.06. The van der Waals surface area contributed by atoms with Crippen LogP contribution in [0.3, 0.4) is 0 Å². The zero-order valence-corrected chi connectivity index (χ0v) is 8.47. The van der Waals surface area contributed by atoms with E-state index < -0.39 is 0 Å². The van der Waals surface area contributed by atoms with Crippen LogP contribution in [0.4, 0.5) is 10.5 Å². The first-order chi connectivity index (χ1) is 6.24. The highest BCUT2D eigenvalue weighted by Gasteiger charge is 2.01. The number of amides is 2. The van der Waals surface area contributed by atoms with Gasteiger partial charge in [-0.2, -0.15) is 0 Å². The van der Waals surface area contributed by atoms with Crippen molar-refractivity contribution in [3.8, 4) is 0 Å². The second-order valence-electron chi connectivity index (χ2n) is 2.28. The monoisotopic (exact) mass is 240 g/mol. The summed E-state index contributed by atoms with van der Waals surface area (Å²) in [6.45, 7) is 3.38. The molecule has 0 heterocycles. The number of benzene rings is 1. The third kappa shape index (κ3) is 2.91. The van der Waals surface area contributed by atoms with Crippen LogP contribution in [0.1, 0.15) is 0 Å². The molecule has 0 aliphatic rings. The van der Waals surface area contributed by atoms with Gasteiger partial charge in [-0.25, -0.2) is 4.79 Å². The molecule has 1 rings (SSSR count). The van der Waals surface area contributed by atoms with E-state index in [1.54, 1.807) is 6.07 Å². The van der Waals surface area contributed by atoms with E-state index in [4.69, 9.17) is 0 Å². The SMILES string of the molecule is C=CNC(=O)Nc1ccccc1Br. The fourth-order valence-corrected chi connectivity index (χ4v) is 1.20. The lowest BCUT2D eigenvalue weighted by Crippen LogP contribution is -2.23. The standard InChI is InChI=1S/C9H9BrN2O/c1-2-11-9(13)12-8-6-4-3-5-7(8)10/h2-6H,1H2,(H2,11,12,13). The Morgan fingerprint density at radius 2 is 2.15 bits per heavy atom. The smallest absolute Gasteiger partial charge is 0.315 e. The summed E-state index contributed by atoms with van der Waals surface area (Å²) >= 11 is 3.31. The molecule has 0 spiro atoms. The molecule has 0 radical (unpaired) electrons. The second kappa shape index (κ2) is 4.67. The van der Waals surface area contributed by atoms with E-state index in [0.717, 1.165) is 10.2 Å². The first-order valence-electron chi connectivity index (χ1n) is 3.67. The Morgan fingerprint density at radius 1 is 1.46 bits per heavy atom. The number of urea groups is 1.